The van der Waals surface area contributed by atoms with Gasteiger partial charge in [0.1, 0.15) is 11.5 Å². The van der Waals surface area contributed by atoms with Gasteiger partial charge in [0, 0.05) is 38.9 Å². The van der Waals surface area contributed by atoms with Gasteiger partial charge in [-0.25, -0.2) is 0 Å². The first kappa shape index (κ1) is 26.1. The minimum absolute atomic E-state index is 0.285. The van der Waals surface area contributed by atoms with Crippen molar-refractivity contribution in [2.24, 2.45) is 0 Å². The zero-order valence-electron chi connectivity index (χ0n) is 20.3. The Kier molecular flexibility index (Phi) is 8.72. The Morgan fingerprint density at radius 3 is 1.76 bits per heavy atom. The first-order valence-electron chi connectivity index (χ1n) is 11.4. The van der Waals surface area contributed by atoms with Crippen molar-refractivity contribution in [1.82, 2.24) is 0 Å². The average Bonchev–Trinajstić information content (AvgIpc) is 2.94. The lowest BCUT2D eigenvalue weighted by Gasteiger charge is -2.16. The molecule has 0 saturated heterocycles. The first-order chi connectivity index (χ1) is 18.0. The maximum absolute atomic E-state index is 13.0. The van der Waals surface area contributed by atoms with Crippen molar-refractivity contribution >= 4 is 46.6 Å². The molecule has 188 valence electrons. The molecular weight excluding hydrogens is 508 g/mol. The van der Waals surface area contributed by atoms with Crippen LogP contribution in [0.1, 0.15) is 26.3 Å². The van der Waals surface area contributed by atoms with E-state index < -0.39 is 0 Å². The molecule has 0 heterocycles. The maximum atomic E-state index is 13.0. The molecule has 2 amide bonds. The third-order valence-corrected chi connectivity index (χ3v) is 6.82. The molecule has 2 N–H and O–H groups in total. The number of ether oxygens (including phenoxy) is 2. The van der Waals surface area contributed by atoms with Crippen LogP contribution in [0.3, 0.4) is 0 Å². The van der Waals surface area contributed by atoms with Crippen molar-refractivity contribution in [3.05, 3.63) is 113 Å². The summed E-state index contributed by atoms with van der Waals surface area (Å²) in [5, 5.41) is 6.41. The largest absolute Gasteiger partial charge is 0.494 e. The van der Waals surface area contributed by atoms with Gasteiger partial charge in [-0.1, -0.05) is 41.9 Å². The SMILES string of the molecule is COc1cc(NC(=O)c2ccc(CSc3ccc(Cl)cc3)cc2)c(OC)cc1NC(=O)c1ccccc1. The van der Waals surface area contributed by atoms with E-state index in [-0.39, 0.29) is 11.8 Å². The lowest BCUT2D eigenvalue weighted by Crippen LogP contribution is -2.15. The lowest BCUT2D eigenvalue weighted by atomic mass is 10.1. The molecule has 0 saturated carbocycles. The number of thioether (sulfide) groups is 1. The fraction of sp³-hybridized carbons (Fsp3) is 0.103. The van der Waals surface area contributed by atoms with Crippen molar-refractivity contribution in [1.29, 1.82) is 0 Å². The number of methoxy groups -OCH3 is 2. The number of nitrogens with one attached hydrogen (secondary N) is 2. The summed E-state index contributed by atoms with van der Waals surface area (Å²) in [6.07, 6.45) is 0. The molecule has 0 spiro atoms. The molecule has 37 heavy (non-hydrogen) atoms. The Morgan fingerprint density at radius 1 is 0.730 bits per heavy atom. The van der Waals surface area contributed by atoms with E-state index >= 15 is 0 Å². The topological polar surface area (TPSA) is 76.7 Å². The molecule has 0 fully saturated rings. The van der Waals surface area contributed by atoms with E-state index in [0.717, 1.165) is 16.2 Å². The predicted octanol–water partition coefficient (Wildman–Crippen LogP) is 7.15. The van der Waals surface area contributed by atoms with Crippen LogP contribution in [-0.2, 0) is 5.75 Å². The second-order valence-corrected chi connectivity index (χ2v) is 9.45. The van der Waals surface area contributed by atoms with E-state index in [4.69, 9.17) is 21.1 Å². The number of hydrogen-bond acceptors (Lipinski definition) is 5. The molecule has 0 radical (unpaired) electrons. The summed E-state index contributed by atoms with van der Waals surface area (Å²) < 4.78 is 10.9. The highest BCUT2D eigenvalue weighted by Crippen LogP contribution is 2.37. The minimum atomic E-state index is -0.293. The summed E-state index contributed by atoms with van der Waals surface area (Å²) in [7, 11) is 2.99. The zero-order chi connectivity index (χ0) is 26.2. The Labute approximate surface area is 225 Å². The normalized spacial score (nSPS) is 10.5. The highest BCUT2D eigenvalue weighted by Gasteiger charge is 2.17. The quantitative estimate of drug-likeness (QED) is 0.224. The summed E-state index contributed by atoms with van der Waals surface area (Å²) in [6.45, 7) is 0. The number of carbonyl (C=O) groups is 2. The molecule has 0 aliphatic carbocycles. The van der Waals surface area contributed by atoms with Gasteiger partial charge in [-0.05, 0) is 54.1 Å². The van der Waals surface area contributed by atoms with Crippen LogP contribution >= 0.6 is 23.4 Å². The van der Waals surface area contributed by atoms with Crippen LogP contribution in [0.25, 0.3) is 0 Å². The molecular formula is C29H25ClN2O4S. The standard InChI is InChI=1S/C29H25ClN2O4S/c1-35-26-17-25(27(36-2)16-24(26)31-28(33)20-6-4-3-5-7-20)32-29(34)21-10-8-19(9-11-21)18-37-23-14-12-22(30)13-15-23/h3-17H,18H2,1-2H3,(H,31,33)(H,32,34). The van der Waals surface area contributed by atoms with Crippen molar-refractivity contribution in [2.75, 3.05) is 24.9 Å². The van der Waals surface area contributed by atoms with Crippen LogP contribution in [0.4, 0.5) is 11.4 Å². The molecule has 4 aromatic rings. The van der Waals surface area contributed by atoms with Crippen LogP contribution in [0.2, 0.25) is 5.02 Å². The third kappa shape index (κ3) is 6.84. The molecule has 0 aliphatic rings. The third-order valence-electron chi connectivity index (χ3n) is 5.49. The van der Waals surface area contributed by atoms with Crippen molar-refractivity contribution < 1.29 is 19.1 Å². The number of hydrogen-bond donors (Lipinski definition) is 2. The molecule has 0 aliphatic heterocycles. The second-order valence-electron chi connectivity index (χ2n) is 7.97. The average molecular weight is 533 g/mol. The Bertz CT molecular complexity index is 1380. The van der Waals surface area contributed by atoms with E-state index in [1.807, 2.05) is 42.5 Å². The zero-order valence-corrected chi connectivity index (χ0v) is 21.9. The van der Waals surface area contributed by atoms with E-state index in [0.29, 0.717) is 39.0 Å². The molecule has 0 unspecified atom stereocenters. The van der Waals surface area contributed by atoms with Gasteiger partial charge < -0.3 is 20.1 Å². The van der Waals surface area contributed by atoms with Gasteiger partial charge >= 0.3 is 0 Å². The molecule has 8 heteroatoms. The number of benzene rings is 4. The van der Waals surface area contributed by atoms with Crippen molar-refractivity contribution in [3.63, 3.8) is 0 Å². The molecule has 0 atom stereocenters. The summed E-state index contributed by atoms with van der Waals surface area (Å²) in [5.41, 5.74) is 2.95. The van der Waals surface area contributed by atoms with E-state index in [9.17, 15) is 9.59 Å². The smallest absolute Gasteiger partial charge is 0.255 e. The highest BCUT2D eigenvalue weighted by atomic mass is 35.5. The van der Waals surface area contributed by atoms with Gasteiger partial charge in [0.2, 0.25) is 0 Å². The van der Waals surface area contributed by atoms with Gasteiger partial charge in [-0.2, -0.15) is 0 Å². The van der Waals surface area contributed by atoms with Crippen LogP contribution in [0.5, 0.6) is 11.5 Å². The van der Waals surface area contributed by atoms with Gasteiger partial charge in [0.25, 0.3) is 11.8 Å². The summed E-state index contributed by atoms with van der Waals surface area (Å²) in [4.78, 5) is 26.7. The fourth-order valence-corrected chi connectivity index (χ4v) is 4.50. The van der Waals surface area contributed by atoms with E-state index in [2.05, 4.69) is 10.6 Å². The summed E-state index contributed by atoms with van der Waals surface area (Å²) >= 11 is 7.63. The van der Waals surface area contributed by atoms with Crippen LogP contribution < -0.4 is 20.1 Å². The van der Waals surface area contributed by atoms with Crippen LogP contribution in [-0.4, -0.2) is 26.0 Å². The van der Waals surface area contributed by atoms with E-state index in [1.165, 1.54) is 14.2 Å². The Morgan fingerprint density at radius 2 is 1.24 bits per heavy atom. The number of amides is 2. The molecule has 4 aromatic carbocycles. The van der Waals surface area contributed by atoms with Crippen LogP contribution in [0.15, 0.2) is 95.9 Å². The molecule has 0 aromatic heterocycles. The van der Waals surface area contributed by atoms with Gasteiger partial charge in [0.15, 0.2) is 0 Å². The minimum Gasteiger partial charge on any atom is -0.494 e. The number of anilines is 2. The van der Waals surface area contributed by atoms with E-state index in [1.54, 1.807) is 60.3 Å². The lowest BCUT2D eigenvalue weighted by molar-refractivity contribution is 0.101. The summed E-state index contributed by atoms with van der Waals surface area (Å²) in [5.74, 6) is 0.957. The second kappa shape index (κ2) is 12.3. The molecule has 4 rings (SSSR count). The van der Waals surface area contributed by atoms with Crippen molar-refractivity contribution in [3.8, 4) is 11.5 Å². The fourth-order valence-electron chi connectivity index (χ4n) is 3.52. The van der Waals surface area contributed by atoms with Gasteiger partial charge in [0.05, 0.1) is 25.6 Å². The highest BCUT2D eigenvalue weighted by molar-refractivity contribution is 7.98. The predicted molar refractivity (Wildman–Crippen MR) is 149 cm³/mol. The number of halogens is 1. The van der Waals surface area contributed by atoms with Crippen molar-refractivity contribution in [2.45, 2.75) is 10.6 Å². The van der Waals surface area contributed by atoms with Gasteiger partial charge in [-0.15, -0.1) is 11.8 Å². The Balaban J connectivity index is 1.44. The monoisotopic (exact) mass is 532 g/mol. The number of rotatable bonds is 9. The molecule has 0 bridgehead atoms. The summed E-state index contributed by atoms with van der Waals surface area (Å²) in [6, 6.07) is 27.2. The van der Waals surface area contributed by atoms with Gasteiger partial charge in [-0.3, -0.25) is 9.59 Å². The number of carbonyl (C=O) groups excluding carboxylic acids is 2. The Hall–Kier alpha value is -3.94. The maximum Gasteiger partial charge on any atom is 0.255 e. The first-order valence-corrected chi connectivity index (χ1v) is 12.7. The van der Waals surface area contributed by atoms with Crippen LogP contribution in [0, 0.1) is 0 Å². The molecule has 6 nitrogen and oxygen atoms in total.